The van der Waals surface area contributed by atoms with Gasteiger partial charge in [0.25, 0.3) is 0 Å². The Bertz CT molecular complexity index is 1580. The van der Waals surface area contributed by atoms with E-state index in [1.807, 2.05) is 87.4 Å². The van der Waals surface area contributed by atoms with Crippen molar-refractivity contribution in [1.29, 1.82) is 0 Å². The summed E-state index contributed by atoms with van der Waals surface area (Å²) in [6, 6.07) is 10.3. The smallest absolute Gasteiger partial charge is 0.303 e. The van der Waals surface area contributed by atoms with E-state index in [0.717, 1.165) is 41.9 Å². The first-order valence-corrected chi connectivity index (χ1v) is 13.8. The van der Waals surface area contributed by atoms with Crippen LogP contribution in [0.15, 0.2) is 82.5 Å². The minimum Gasteiger partial charge on any atom is -0.303 e. The molecule has 13 heteroatoms. The van der Waals surface area contributed by atoms with E-state index in [1.165, 1.54) is 16.7 Å². The molecule has 6 aromatic heterocycles. The van der Waals surface area contributed by atoms with E-state index in [9.17, 15) is 13.2 Å². The van der Waals surface area contributed by atoms with Gasteiger partial charge in [0.2, 0.25) is 0 Å². The number of imidazole rings is 3. The van der Waals surface area contributed by atoms with Gasteiger partial charge in [-0.05, 0) is 120 Å². The fourth-order valence-electron chi connectivity index (χ4n) is 3.12. The molecule has 0 saturated carbocycles. The predicted octanol–water partition coefficient (Wildman–Crippen LogP) is 9.34. The van der Waals surface area contributed by atoms with E-state index < -0.39 is 11.7 Å². The average Bonchev–Trinajstić information content (AvgIpc) is 3.51. The van der Waals surface area contributed by atoms with Crippen LogP contribution in [0.2, 0.25) is 0 Å². The van der Waals surface area contributed by atoms with Gasteiger partial charge >= 0.3 is 6.18 Å². The normalized spacial score (nSPS) is 10.7. The summed E-state index contributed by atoms with van der Waals surface area (Å²) in [5.41, 5.74) is 2.98. The summed E-state index contributed by atoms with van der Waals surface area (Å²) in [4.78, 5) is 12.3. The second-order valence-electron chi connectivity index (χ2n) is 7.36. The van der Waals surface area contributed by atoms with Gasteiger partial charge in [0, 0.05) is 39.4 Å². The average molecular weight is 878 g/mol. The lowest BCUT2D eigenvalue weighted by atomic mass is 10.3. The molecule has 0 unspecified atom stereocenters. The summed E-state index contributed by atoms with van der Waals surface area (Å²) in [5.74, 6) is 0. The van der Waals surface area contributed by atoms with Crippen LogP contribution in [0.3, 0.4) is 0 Å². The predicted molar refractivity (Wildman–Crippen MR) is 170 cm³/mol. The van der Waals surface area contributed by atoms with Crippen LogP contribution >= 0.6 is 77.0 Å². The van der Waals surface area contributed by atoms with E-state index in [0.29, 0.717) is 9.35 Å². The van der Waals surface area contributed by atoms with Crippen LogP contribution in [-0.2, 0) is 6.18 Å². The van der Waals surface area contributed by atoms with E-state index in [-0.39, 0.29) is 14.9 Å². The van der Waals surface area contributed by atoms with Crippen molar-refractivity contribution in [1.82, 2.24) is 28.2 Å². The Morgan fingerprint density at radius 1 is 0.658 bits per heavy atom. The number of nitrogens with zero attached hydrogens (tertiary/aromatic N) is 6. The zero-order chi connectivity index (χ0) is 26.0. The van der Waals surface area contributed by atoms with Crippen LogP contribution in [0.4, 0.5) is 13.2 Å². The van der Waals surface area contributed by atoms with Gasteiger partial charge in [-0.3, -0.25) is 8.80 Å². The second kappa shape index (κ2) is 13.6. The molecule has 202 valence electrons. The molecule has 6 aromatic rings. The molecule has 38 heavy (non-hydrogen) atoms. The van der Waals surface area contributed by atoms with Crippen molar-refractivity contribution >= 4 is 94.0 Å². The van der Waals surface area contributed by atoms with E-state index >= 15 is 0 Å². The van der Waals surface area contributed by atoms with Gasteiger partial charge in [-0.15, -0.1) is 0 Å². The molecule has 0 aliphatic carbocycles. The van der Waals surface area contributed by atoms with Crippen LogP contribution in [0.5, 0.6) is 0 Å². The first-order chi connectivity index (χ1) is 17.0. The topological polar surface area (TPSA) is 51.9 Å². The van der Waals surface area contributed by atoms with Crippen LogP contribution in [0, 0.1) is 14.3 Å². The van der Waals surface area contributed by atoms with Crippen molar-refractivity contribution in [3.8, 4) is 0 Å². The largest absolute Gasteiger partial charge is 0.417 e. The van der Waals surface area contributed by atoms with Gasteiger partial charge < -0.3 is 4.40 Å². The molecule has 0 saturated heterocycles. The summed E-state index contributed by atoms with van der Waals surface area (Å²) in [7, 11) is 0. The highest BCUT2D eigenvalue weighted by atomic mass is 127. The van der Waals surface area contributed by atoms with E-state index in [2.05, 4.69) is 69.4 Å². The molecule has 6 rings (SSSR count). The molecule has 0 fully saturated rings. The lowest BCUT2D eigenvalue weighted by Gasteiger charge is -2.06. The van der Waals surface area contributed by atoms with Gasteiger partial charge in [-0.2, -0.15) is 13.2 Å². The summed E-state index contributed by atoms with van der Waals surface area (Å²) in [6.45, 7) is 2.03. The molecular weight excluding hydrogens is 855 g/mol. The quantitative estimate of drug-likeness (QED) is 0.143. The monoisotopic (exact) mass is 876 g/mol. The maximum atomic E-state index is 12.3. The summed E-state index contributed by atoms with van der Waals surface area (Å²) < 4.78 is 46.4. The third-order valence-electron chi connectivity index (χ3n) is 4.87. The summed E-state index contributed by atoms with van der Waals surface area (Å²) >= 11 is 11.0. The molecule has 0 aliphatic heterocycles. The Balaban J connectivity index is 0.000000197. The highest BCUT2D eigenvalue weighted by molar-refractivity contribution is 14.1. The van der Waals surface area contributed by atoms with E-state index in [4.69, 9.17) is 0 Å². The number of alkyl halides is 3. The molecule has 0 amide bonds. The van der Waals surface area contributed by atoms with Crippen molar-refractivity contribution in [3.05, 3.63) is 101 Å². The second-order valence-corrected chi connectivity index (χ2v) is 11.4. The fraction of sp³-hybridized carbons (Fsp3) is 0.160. The van der Waals surface area contributed by atoms with Gasteiger partial charge in [-0.25, -0.2) is 15.0 Å². The molecular formula is C25H23Br2F3I2N6. The molecule has 0 aliphatic rings. The number of rotatable bonds is 0. The maximum absolute atomic E-state index is 12.3. The third kappa shape index (κ3) is 7.69. The number of hydrogen-bond acceptors (Lipinski definition) is 3. The number of hydrogen-bond donors (Lipinski definition) is 0. The number of aryl methyl sites for hydroxylation is 1. The first-order valence-electron chi connectivity index (χ1n) is 10.1. The van der Waals surface area contributed by atoms with Crippen LogP contribution in [0.25, 0.3) is 16.9 Å². The first kappa shape index (κ1) is 32.5. The van der Waals surface area contributed by atoms with Gasteiger partial charge in [0.1, 0.15) is 24.3 Å². The number of fused-ring (bicyclic) bond motifs is 3. The lowest BCUT2D eigenvalue weighted by molar-refractivity contribution is -0.137. The van der Waals surface area contributed by atoms with Crippen LogP contribution in [-0.4, -0.2) is 28.2 Å². The highest BCUT2D eigenvalue weighted by Gasteiger charge is 2.30. The summed E-state index contributed by atoms with van der Waals surface area (Å²) in [5, 5.41) is 0. The van der Waals surface area contributed by atoms with Gasteiger partial charge in [0.05, 0.1) is 18.0 Å². The SMILES string of the molecule is Brc1ccc2ncc(I)n2c1.C.C.Cc1cnc2ccc(Br)cn12.FC(F)(F)c1ccc2ncc(I)n2c1. The zero-order valence-electron chi connectivity index (χ0n) is 18.3. The molecule has 0 N–H and O–H groups in total. The van der Waals surface area contributed by atoms with Crippen LogP contribution < -0.4 is 0 Å². The molecule has 6 nitrogen and oxygen atoms in total. The van der Waals surface area contributed by atoms with Gasteiger partial charge in [0.15, 0.2) is 0 Å². The van der Waals surface area contributed by atoms with Crippen molar-refractivity contribution in [2.75, 3.05) is 0 Å². The molecule has 0 aromatic carbocycles. The Morgan fingerprint density at radius 2 is 1.08 bits per heavy atom. The highest BCUT2D eigenvalue weighted by Crippen LogP contribution is 2.29. The Morgan fingerprint density at radius 3 is 1.61 bits per heavy atom. The fourth-order valence-corrected chi connectivity index (χ4v) is 4.84. The van der Waals surface area contributed by atoms with Crippen molar-refractivity contribution in [3.63, 3.8) is 0 Å². The number of halogens is 7. The Hall–Kier alpha value is -1.72. The molecule has 0 radical (unpaired) electrons. The zero-order valence-corrected chi connectivity index (χ0v) is 25.7. The maximum Gasteiger partial charge on any atom is 0.417 e. The van der Waals surface area contributed by atoms with Crippen molar-refractivity contribution in [2.24, 2.45) is 0 Å². The minimum atomic E-state index is -4.30. The number of aromatic nitrogens is 6. The molecule has 0 bridgehead atoms. The van der Waals surface area contributed by atoms with E-state index in [1.54, 1.807) is 0 Å². The standard InChI is InChI=1S/C8H7BrN2.C8H4F3IN2.C7H4BrIN2.2CH4/c1-6-4-10-8-3-2-7(9)5-11(6)8;9-8(10,11)5-1-2-7-13-3-6(12)14(7)4-5;8-5-1-2-7-10-3-6(9)11(7)4-5;;/h2-5H,1H3;1-4H;1-4H;2*1H4. The summed E-state index contributed by atoms with van der Waals surface area (Å²) in [6.07, 6.45) is 5.99. The minimum absolute atomic E-state index is 0. The number of pyridine rings is 3. The van der Waals surface area contributed by atoms with Gasteiger partial charge in [-0.1, -0.05) is 14.9 Å². The van der Waals surface area contributed by atoms with Crippen LogP contribution in [0.1, 0.15) is 26.1 Å². The molecule has 0 spiro atoms. The molecule has 6 heterocycles. The molecule has 0 atom stereocenters. The third-order valence-corrected chi connectivity index (χ3v) is 7.40. The lowest BCUT2D eigenvalue weighted by Crippen LogP contribution is -2.06. The van der Waals surface area contributed by atoms with Crippen molar-refractivity contribution in [2.45, 2.75) is 28.0 Å². The Kier molecular flexibility index (Phi) is 11.6. The van der Waals surface area contributed by atoms with Crippen molar-refractivity contribution < 1.29 is 13.2 Å². The Labute approximate surface area is 262 Å².